The van der Waals surface area contributed by atoms with E-state index in [4.69, 9.17) is 0 Å². The molecule has 0 saturated carbocycles. The molecule has 2 atom stereocenters. The minimum absolute atomic E-state index is 0.129. The number of fused-ring (bicyclic) bond motifs is 2. The van der Waals surface area contributed by atoms with Crippen molar-refractivity contribution in [1.29, 1.82) is 0 Å². The summed E-state index contributed by atoms with van der Waals surface area (Å²) in [5.74, 6) is -0.725. The van der Waals surface area contributed by atoms with Gasteiger partial charge in [0.25, 0.3) is 0 Å². The molecule has 1 aromatic carbocycles. The van der Waals surface area contributed by atoms with E-state index < -0.39 is 18.3 Å². The molecular formula is C18H21F4NO2. The maximum Gasteiger partial charge on any atom is 0.461 e. The van der Waals surface area contributed by atoms with Crippen molar-refractivity contribution in [3.63, 3.8) is 0 Å². The van der Waals surface area contributed by atoms with Crippen LogP contribution in [0.15, 0.2) is 24.3 Å². The summed E-state index contributed by atoms with van der Waals surface area (Å²) < 4.78 is 54.7. The Hall–Kier alpha value is -1.63. The van der Waals surface area contributed by atoms with Gasteiger partial charge in [0.2, 0.25) is 0 Å². The van der Waals surface area contributed by atoms with Crippen LogP contribution in [0.4, 0.5) is 17.6 Å². The minimum atomic E-state index is -4.58. The number of Topliss-reactive ketones (excluding diaryl/α,β-unsaturated/α-hetero) is 1. The molecule has 0 aliphatic carbocycles. The second-order valence-electron chi connectivity index (χ2n) is 6.93. The lowest BCUT2D eigenvalue weighted by atomic mass is 9.76. The van der Waals surface area contributed by atoms with Crippen molar-refractivity contribution < 1.29 is 27.1 Å². The summed E-state index contributed by atoms with van der Waals surface area (Å²) in [5, 5.41) is 0. The molecule has 138 valence electrons. The van der Waals surface area contributed by atoms with Gasteiger partial charge >= 0.3 is 12.5 Å². The maximum atomic E-state index is 13.1. The Morgan fingerprint density at radius 2 is 1.88 bits per heavy atom. The number of ether oxygens (including phenoxy) is 1. The van der Waals surface area contributed by atoms with E-state index in [2.05, 4.69) is 16.7 Å². The third kappa shape index (κ3) is 3.81. The number of alkyl halides is 4. The highest BCUT2D eigenvalue weighted by Gasteiger charge is 2.44. The number of rotatable bonds is 5. The third-order valence-corrected chi connectivity index (χ3v) is 5.34. The van der Waals surface area contributed by atoms with Gasteiger partial charge < -0.3 is 9.64 Å². The standard InChI is InChI=1S/C18H21F4NO2/c1-23-13-5-3-6-14(23)9-12(8-13)16(24)11-4-2-7-15(10-11)25-18(21,22)17(19)20/h2,4,7,10,12-14,17H,3,5-6,8-9H2,1H3. The van der Waals surface area contributed by atoms with Crippen LogP contribution in [0.5, 0.6) is 5.75 Å². The van der Waals surface area contributed by atoms with E-state index in [1.165, 1.54) is 12.1 Å². The van der Waals surface area contributed by atoms with Crippen molar-refractivity contribution in [2.24, 2.45) is 5.92 Å². The second-order valence-corrected chi connectivity index (χ2v) is 6.93. The lowest BCUT2D eigenvalue weighted by Crippen LogP contribution is -2.51. The molecule has 0 radical (unpaired) electrons. The Morgan fingerprint density at radius 1 is 1.24 bits per heavy atom. The van der Waals surface area contributed by atoms with Gasteiger partial charge in [0.1, 0.15) is 5.75 Å². The van der Waals surface area contributed by atoms with Crippen LogP contribution in [0.3, 0.4) is 0 Å². The summed E-state index contributed by atoms with van der Waals surface area (Å²) in [6.07, 6.45) is -3.76. The first-order chi connectivity index (χ1) is 11.8. The molecule has 0 aromatic heterocycles. The number of nitrogens with zero attached hydrogens (tertiary/aromatic N) is 1. The lowest BCUT2D eigenvalue weighted by Gasteiger charge is -2.46. The fraction of sp³-hybridized carbons (Fsp3) is 0.611. The molecule has 0 N–H and O–H groups in total. The first-order valence-electron chi connectivity index (χ1n) is 8.49. The van der Waals surface area contributed by atoms with Crippen LogP contribution in [0, 0.1) is 5.92 Å². The molecular weight excluding hydrogens is 338 g/mol. The third-order valence-electron chi connectivity index (χ3n) is 5.34. The molecule has 3 rings (SSSR count). The van der Waals surface area contributed by atoms with E-state index in [1.54, 1.807) is 0 Å². The Morgan fingerprint density at radius 3 is 2.48 bits per heavy atom. The van der Waals surface area contributed by atoms with Crippen LogP contribution in [0.1, 0.15) is 42.5 Å². The zero-order valence-electron chi connectivity index (χ0n) is 13.9. The number of hydrogen-bond donors (Lipinski definition) is 0. The summed E-state index contributed by atoms with van der Waals surface area (Å²) in [6, 6.07) is 5.90. The molecule has 1 aromatic rings. The van der Waals surface area contributed by atoms with Gasteiger partial charge in [-0.3, -0.25) is 4.79 Å². The number of piperidine rings is 2. The van der Waals surface area contributed by atoms with Crippen LogP contribution in [0.25, 0.3) is 0 Å². The van der Waals surface area contributed by atoms with E-state index in [0.29, 0.717) is 12.1 Å². The van der Waals surface area contributed by atoms with E-state index in [1.807, 2.05) is 0 Å². The summed E-state index contributed by atoms with van der Waals surface area (Å²) in [4.78, 5) is 15.1. The Labute approximate surface area is 143 Å². The zero-order chi connectivity index (χ0) is 18.2. The van der Waals surface area contributed by atoms with Crippen molar-refractivity contribution >= 4 is 5.78 Å². The molecule has 0 spiro atoms. The highest BCUT2D eigenvalue weighted by Crippen LogP contribution is 2.37. The fourth-order valence-corrected chi connectivity index (χ4v) is 3.98. The highest BCUT2D eigenvalue weighted by molar-refractivity contribution is 5.98. The van der Waals surface area contributed by atoms with E-state index in [9.17, 15) is 22.4 Å². The van der Waals surface area contributed by atoms with Gasteiger partial charge in [0.15, 0.2) is 5.78 Å². The van der Waals surface area contributed by atoms with Crippen molar-refractivity contribution in [3.05, 3.63) is 29.8 Å². The Bertz CT molecular complexity index is 623. The Kier molecular flexibility index (Phi) is 5.04. The predicted octanol–water partition coefficient (Wildman–Crippen LogP) is 4.37. The summed E-state index contributed by atoms with van der Waals surface area (Å²) in [5.41, 5.74) is 0.232. The topological polar surface area (TPSA) is 29.5 Å². The quantitative estimate of drug-likeness (QED) is 0.578. The van der Waals surface area contributed by atoms with Crippen LogP contribution < -0.4 is 4.74 Å². The van der Waals surface area contributed by atoms with Crippen LogP contribution in [-0.2, 0) is 0 Å². The molecule has 2 fully saturated rings. The van der Waals surface area contributed by atoms with Crippen molar-refractivity contribution in [3.8, 4) is 5.75 Å². The van der Waals surface area contributed by atoms with Crippen molar-refractivity contribution in [2.75, 3.05) is 7.05 Å². The van der Waals surface area contributed by atoms with Crippen LogP contribution in [0.2, 0.25) is 0 Å². The average molecular weight is 359 g/mol. The minimum Gasteiger partial charge on any atom is -0.428 e. The van der Waals surface area contributed by atoms with Crippen LogP contribution >= 0.6 is 0 Å². The van der Waals surface area contributed by atoms with E-state index >= 15 is 0 Å². The summed E-state index contributed by atoms with van der Waals surface area (Å²) in [7, 11) is 2.08. The van der Waals surface area contributed by atoms with Gasteiger partial charge in [-0.25, -0.2) is 0 Å². The van der Waals surface area contributed by atoms with E-state index in [-0.39, 0.29) is 17.3 Å². The molecule has 2 heterocycles. The zero-order valence-corrected chi connectivity index (χ0v) is 13.9. The first kappa shape index (κ1) is 18.2. The molecule has 2 aliphatic heterocycles. The van der Waals surface area contributed by atoms with Crippen molar-refractivity contribution in [1.82, 2.24) is 4.90 Å². The number of benzene rings is 1. The first-order valence-corrected chi connectivity index (χ1v) is 8.49. The second kappa shape index (κ2) is 6.94. The average Bonchev–Trinajstić information content (AvgIpc) is 2.53. The van der Waals surface area contributed by atoms with Gasteiger partial charge in [-0.15, -0.1) is 0 Å². The molecule has 0 amide bonds. The van der Waals surface area contributed by atoms with Gasteiger partial charge in [-0.1, -0.05) is 18.6 Å². The molecule has 2 aliphatic rings. The van der Waals surface area contributed by atoms with Gasteiger partial charge in [0.05, 0.1) is 0 Å². The van der Waals surface area contributed by atoms with Gasteiger partial charge in [-0.2, -0.15) is 17.6 Å². The Balaban J connectivity index is 1.74. The highest BCUT2D eigenvalue weighted by atomic mass is 19.3. The van der Waals surface area contributed by atoms with Crippen molar-refractivity contribution in [2.45, 2.75) is 56.7 Å². The number of carbonyl (C=O) groups excluding carboxylic acids is 1. The molecule has 7 heteroatoms. The van der Waals surface area contributed by atoms with E-state index in [0.717, 1.165) is 44.2 Å². The molecule has 2 bridgehead atoms. The number of hydrogen-bond acceptors (Lipinski definition) is 3. The SMILES string of the molecule is CN1C2CCCC1CC(C(=O)c1cccc(OC(F)(F)C(F)F)c1)C2. The molecule has 2 saturated heterocycles. The number of carbonyl (C=O) groups is 1. The molecule has 3 nitrogen and oxygen atoms in total. The lowest BCUT2D eigenvalue weighted by molar-refractivity contribution is -0.253. The predicted molar refractivity (Wildman–Crippen MR) is 84.3 cm³/mol. The molecule has 2 unspecified atom stereocenters. The number of ketones is 1. The number of halogens is 4. The normalized spacial score (nSPS) is 27.4. The molecule has 25 heavy (non-hydrogen) atoms. The summed E-state index contributed by atoms with van der Waals surface area (Å²) >= 11 is 0. The smallest absolute Gasteiger partial charge is 0.428 e. The maximum absolute atomic E-state index is 13.1. The fourth-order valence-electron chi connectivity index (χ4n) is 3.98. The summed E-state index contributed by atoms with van der Waals surface area (Å²) in [6.45, 7) is 0. The van der Waals surface area contributed by atoms with Crippen LogP contribution in [-0.4, -0.2) is 42.3 Å². The monoisotopic (exact) mass is 359 g/mol. The van der Waals surface area contributed by atoms with Gasteiger partial charge in [-0.05, 0) is 44.9 Å². The largest absolute Gasteiger partial charge is 0.461 e. The van der Waals surface area contributed by atoms with Gasteiger partial charge in [0, 0.05) is 23.6 Å².